The molecule has 0 aliphatic carbocycles. The van der Waals surface area contributed by atoms with Crippen LogP contribution in [0, 0.1) is 0 Å². The topological polar surface area (TPSA) is 80.5 Å². The van der Waals surface area contributed by atoms with E-state index in [1.807, 2.05) is 0 Å². The SMILES string of the molecule is O=S1CCC(NS(=O)(=O)c2c(Cl)nc3sccn23)CC1. The standard InChI is InChI=1S/C10H12ClN3O3S3/c11-8-9(14-3-4-18-10(14)12-8)20(16,17)13-7-1-5-19(15)6-2-7/h3-4,7,13H,1-2,5-6H2. The third-order valence-electron chi connectivity index (χ3n) is 3.14. The highest BCUT2D eigenvalue weighted by Gasteiger charge is 2.29. The zero-order valence-corrected chi connectivity index (χ0v) is 13.5. The van der Waals surface area contributed by atoms with Crippen molar-refractivity contribution in [1.29, 1.82) is 0 Å². The molecular formula is C10H12ClN3O3S3. The minimum Gasteiger partial charge on any atom is -0.279 e. The summed E-state index contributed by atoms with van der Waals surface area (Å²) >= 11 is 7.26. The summed E-state index contributed by atoms with van der Waals surface area (Å²) in [6, 6.07) is -0.196. The lowest BCUT2D eigenvalue weighted by molar-refractivity contribution is 0.519. The molecule has 0 atom stereocenters. The predicted molar refractivity (Wildman–Crippen MR) is 79.3 cm³/mol. The molecule has 3 rings (SSSR count). The quantitative estimate of drug-likeness (QED) is 0.900. The highest BCUT2D eigenvalue weighted by molar-refractivity contribution is 7.89. The molecule has 0 spiro atoms. The smallest absolute Gasteiger partial charge is 0.260 e. The number of rotatable bonds is 3. The van der Waals surface area contributed by atoms with Crippen molar-refractivity contribution in [3.05, 3.63) is 16.7 Å². The van der Waals surface area contributed by atoms with Crippen LogP contribution in [0.1, 0.15) is 12.8 Å². The zero-order valence-electron chi connectivity index (χ0n) is 10.3. The fourth-order valence-corrected chi connectivity index (χ4v) is 6.22. The Morgan fingerprint density at radius 3 is 2.85 bits per heavy atom. The lowest BCUT2D eigenvalue weighted by atomic mass is 10.2. The van der Waals surface area contributed by atoms with Gasteiger partial charge in [0.25, 0.3) is 10.0 Å². The molecule has 3 heterocycles. The molecular weight excluding hydrogens is 342 g/mol. The maximum atomic E-state index is 12.4. The molecule has 0 unspecified atom stereocenters. The first-order valence-electron chi connectivity index (χ1n) is 5.96. The van der Waals surface area contributed by atoms with Crippen molar-refractivity contribution in [1.82, 2.24) is 14.1 Å². The molecule has 0 radical (unpaired) electrons. The van der Waals surface area contributed by atoms with Gasteiger partial charge in [0.2, 0.25) is 0 Å². The molecule has 110 valence electrons. The third kappa shape index (κ3) is 2.64. The van der Waals surface area contributed by atoms with Gasteiger partial charge in [0.05, 0.1) is 0 Å². The van der Waals surface area contributed by atoms with E-state index >= 15 is 0 Å². The van der Waals surface area contributed by atoms with Crippen LogP contribution >= 0.6 is 22.9 Å². The molecule has 10 heteroatoms. The Morgan fingerprint density at radius 1 is 1.45 bits per heavy atom. The fraction of sp³-hybridized carbons (Fsp3) is 0.500. The molecule has 6 nitrogen and oxygen atoms in total. The van der Waals surface area contributed by atoms with Gasteiger partial charge in [-0.2, -0.15) is 0 Å². The molecule has 1 N–H and O–H groups in total. The van der Waals surface area contributed by atoms with Crippen LogP contribution in [-0.2, 0) is 20.8 Å². The Labute approximate surface area is 127 Å². The summed E-state index contributed by atoms with van der Waals surface area (Å²) in [4.78, 5) is 4.57. The molecule has 1 saturated heterocycles. The van der Waals surface area contributed by atoms with E-state index in [4.69, 9.17) is 11.6 Å². The van der Waals surface area contributed by atoms with E-state index in [1.165, 1.54) is 15.7 Å². The van der Waals surface area contributed by atoms with Gasteiger partial charge in [-0.25, -0.2) is 18.1 Å². The normalized spacial score (nSPS) is 24.2. The maximum Gasteiger partial charge on any atom is 0.260 e. The summed E-state index contributed by atoms with van der Waals surface area (Å²) in [7, 11) is -4.56. The number of aromatic nitrogens is 2. The van der Waals surface area contributed by atoms with Gasteiger partial charge in [-0.15, -0.1) is 11.3 Å². The van der Waals surface area contributed by atoms with Gasteiger partial charge < -0.3 is 0 Å². The maximum absolute atomic E-state index is 12.4. The van der Waals surface area contributed by atoms with Gasteiger partial charge in [-0.1, -0.05) is 11.6 Å². The van der Waals surface area contributed by atoms with Crippen molar-refractivity contribution in [2.75, 3.05) is 11.5 Å². The van der Waals surface area contributed by atoms with Gasteiger partial charge >= 0.3 is 0 Å². The number of sulfonamides is 1. The Kier molecular flexibility index (Phi) is 3.89. The van der Waals surface area contributed by atoms with Crippen molar-refractivity contribution >= 4 is 48.7 Å². The molecule has 0 saturated carbocycles. The zero-order chi connectivity index (χ0) is 14.3. The highest BCUT2D eigenvalue weighted by atomic mass is 35.5. The number of fused-ring (bicyclic) bond motifs is 1. The van der Waals surface area contributed by atoms with Crippen LogP contribution in [0.2, 0.25) is 5.15 Å². The molecule has 0 amide bonds. The highest BCUT2D eigenvalue weighted by Crippen LogP contribution is 2.26. The fourth-order valence-electron chi connectivity index (χ4n) is 2.17. The number of thiazole rings is 1. The number of hydrogen-bond donors (Lipinski definition) is 1. The number of nitrogens with zero attached hydrogens (tertiary/aromatic N) is 2. The van der Waals surface area contributed by atoms with E-state index in [2.05, 4.69) is 9.71 Å². The Bertz CT molecular complexity index is 757. The second kappa shape index (κ2) is 5.38. The Balaban J connectivity index is 1.90. The predicted octanol–water partition coefficient (Wildman–Crippen LogP) is 1.24. The first-order chi connectivity index (χ1) is 9.47. The van der Waals surface area contributed by atoms with Gasteiger partial charge in [-0.05, 0) is 12.8 Å². The van der Waals surface area contributed by atoms with E-state index in [1.54, 1.807) is 11.6 Å². The first kappa shape index (κ1) is 14.5. The van der Waals surface area contributed by atoms with Gasteiger partial charge in [0.1, 0.15) is 0 Å². The van der Waals surface area contributed by atoms with E-state index in [0.29, 0.717) is 29.3 Å². The largest absolute Gasteiger partial charge is 0.279 e. The van der Waals surface area contributed by atoms with Gasteiger partial charge in [-0.3, -0.25) is 8.61 Å². The second-order valence-electron chi connectivity index (χ2n) is 4.51. The van der Waals surface area contributed by atoms with Crippen LogP contribution in [0.5, 0.6) is 0 Å². The summed E-state index contributed by atoms with van der Waals surface area (Å²) < 4.78 is 40.3. The van der Waals surface area contributed by atoms with Crippen molar-refractivity contribution in [3.63, 3.8) is 0 Å². The summed E-state index contributed by atoms with van der Waals surface area (Å²) in [5.41, 5.74) is 0. The lowest BCUT2D eigenvalue weighted by Crippen LogP contribution is -2.39. The lowest BCUT2D eigenvalue weighted by Gasteiger charge is -2.22. The monoisotopic (exact) mass is 353 g/mol. The van der Waals surface area contributed by atoms with Crippen LogP contribution in [0.4, 0.5) is 0 Å². The van der Waals surface area contributed by atoms with Crippen molar-refractivity contribution in [2.45, 2.75) is 23.9 Å². The Morgan fingerprint density at radius 2 is 2.15 bits per heavy atom. The average Bonchev–Trinajstić information content (AvgIpc) is 2.91. The molecule has 1 fully saturated rings. The van der Waals surface area contributed by atoms with Crippen molar-refractivity contribution in [3.8, 4) is 0 Å². The molecule has 2 aromatic rings. The summed E-state index contributed by atoms with van der Waals surface area (Å²) in [6.07, 6.45) is 2.79. The molecule has 0 bridgehead atoms. The average molecular weight is 354 g/mol. The molecule has 1 aliphatic rings. The van der Waals surface area contributed by atoms with Crippen molar-refractivity contribution < 1.29 is 12.6 Å². The first-order valence-corrected chi connectivity index (χ1v) is 10.2. The van der Waals surface area contributed by atoms with Gasteiger partial charge in [0.15, 0.2) is 15.1 Å². The van der Waals surface area contributed by atoms with E-state index in [0.717, 1.165) is 0 Å². The van der Waals surface area contributed by atoms with Crippen LogP contribution in [0.3, 0.4) is 0 Å². The number of halogens is 1. The van der Waals surface area contributed by atoms with E-state index in [-0.39, 0.29) is 16.2 Å². The summed E-state index contributed by atoms with van der Waals surface area (Å²) in [5.74, 6) is 1.06. The summed E-state index contributed by atoms with van der Waals surface area (Å²) in [5, 5.41) is 1.70. The molecule has 1 aliphatic heterocycles. The third-order valence-corrected chi connectivity index (χ3v) is 7.20. The van der Waals surface area contributed by atoms with Crippen LogP contribution in [0.25, 0.3) is 4.96 Å². The molecule has 20 heavy (non-hydrogen) atoms. The summed E-state index contributed by atoms with van der Waals surface area (Å²) in [6.45, 7) is 0. The van der Waals surface area contributed by atoms with Crippen LogP contribution in [0.15, 0.2) is 16.6 Å². The Hall–Kier alpha value is -0.480. The number of hydrogen-bond acceptors (Lipinski definition) is 5. The number of nitrogens with one attached hydrogen (secondary N) is 1. The van der Waals surface area contributed by atoms with Crippen LogP contribution in [-0.4, -0.2) is 39.6 Å². The van der Waals surface area contributed by atoms with Gasteiger partial charge in [0, 0.05) is 39.9 Å². The number of imidazole rings is 1. The van der Waals surface area contributed by atoms with E-state index in [9.17, 15) is 12.6 Å². The molecule has 0 aromatic carbocycles. The minimum atomic E-state index is -3.73. The van der Waals surface area contributed by atoms with E-state index < -0.39 is 20.8 Å². The second-order valence-corrected chi connectivity index (χ2v) is 9.06. The van der Waals surface area contributed by atoms with Crippen LogP contribution < -0.4 is 4.72 Å². The van der Waals surface area contributed by atoms with Crippen molar-refractivity contribution in [2.24, 2.45) is 0 Å². The molecule has 2 aromatic heterocycles. The minimum absolute atomic E-state index is 0.0243.